The van der Waals surface area contributed by atoms with E-state index in [1.54, 1.807) is 0 Å². The van der Waals surface area contributed by atoms with Gasteiger partial charge in [-0.15, -0.1) is 0 Å². The Balaban J connectivity index is 2.05. The van der Waals surface area contributed by atoms with Gasteiger partial charge >= 0.3 is 5.97 Å². The Labute approximate surface area is 159 Å². The molecule has 2 aliphatic rings. The summed E-state index contributed by atoms with van der Waals surface area (Å²) < 4.78 is 4.90. The van der Waals surface area contributed by atoms with E-state index in [1.165, 1.54) is 32.8 Å². The van der Waals surface area contributed by atoms with E-state index in [1.807, 2.05) is 0 Å². The average Bonchev–Trinajstić information content (AvgIpc) is 2.64. The zero-order valence-corrected chi connectivity index (χ0v) is 17.4. The molecule has 1 aliphatic carbocycles. The second-order valence-electron chi connectivity index (χ2n) is 8.27. The van der Waals surface area contributed by atoms with Crippen LogP contribution in [0.4, 0.5) is 0 Å². The van der Waals surface area contributed by atoms with Crippen LogP contribution >= 0.6 is 0 Å². The number of ether oxygens (including phenoxy) is 1. The number of methoxy groups -OCH3 is 1. The lowest BCUT2D eigenvalue weighted by molar-refractivity contribution is -0.146. The number of likely N-dealkylation sites (N-methyl/N-ethyl adjacent to an activating group) is 1. The number of guanidine groups is 1. The fourth-order valence-electron chi connectivity index (χ4n) is 4.47. The van der Waals surface area contributed by atoms with Gasteiger partial charge in [-0.2, -0.15) is 0 Å². The first kappa shape index (κ1) is 21.0. The third kappa shape index (κ3) is 5.12. The number of hydrogen-bond donors (Lipinski definition) is 1. The van der Waals surface area contributed by atoms with Gasteiger partial charge in [0.2, 0.25) is 0 Å². The number of likely N-dealkylation sites (tertiary alicyclic amines) is 1. The van der Waals surface area contributed by atoms with E-state index >= 15 is 0 Å². The van der Waals surface area contributed by atoms with Crippen LogP contribution in [0.3, 0.4) is 0 Å². The molecule has 0 bridgehead atoms. The smallest absolute Gasteiger partial charge is 0.308 e. The number of piperidine rings is 1. The fourth-order valence-corrected chi connectivity index (χ4v) is 4.47. The molecule has 2 fully saturated rings. The Morgan fingerprint density at radius 1 is 1.31 bits per heavy atom. The number of carbonyl (C=O) groups excluding carboxylic acids is 1. The topological polar surface area (TPSA) is 57.2 Å². The van der Waals surface area contributed by atoms with Gasteiger partial charge in [-0.3, -0.25) is 9.79 Å². The number of nitrogens with zero attached hydrogens (tertiary/aromatic N) is 3. The van der Waals surface area contributed by atoms with E-state index in [0.717, 1.165) is 50.9 Å². The van der Waals surface area contributed by atoms with Gasteiger partial charge < -0.3 is 19.9 Å². The third-order valence-electron chi connectivity index (χ3n) is 6.20. The zero-order chi connectivity index (χ0) is 19.2. The highest BCUT2D eigenvalue weighted by atomic mass is 16.5. The number of aliphatic imine (C=N–C) groups is 1. The van der Waals surface area contributed by atoms with Crippen LogP contribution in [-0.2, 0) is 9.53 Å². The first-order chi connectivity index (χ1) is 12.4. The Morgan fingerprint density at radius 2 is 2.00 bits per heavy atom. The molecule has 0 aromatic rings. The van der Waals surface area contributed by atoms with Gasteiger partial charge in [0, 0.05) is 25.2 Å². The predicted molar refractivity (Wildman–Crippen MR) is 106 cm³/mol. The van der Waals surface area contributed by atoms with Crippen molar-refractivity contribution in [3.63, 3.8) is 0 Å². The molecule has 150 valence electrons. The van der Waals surface area contributed by atoms with Crippen molar-refractivity contribution in [3.05, 3.63) is 0 Å². The van der Waals surface area contributed by atoms with E-state index in [-0.39, 0.29) is 17.4 Å². The third-order valence-corrected chi connectivity index (χ3v) is 6.20. The molecular formula is C20H38N4O2. The van der Waals surface area contributed by atoms with E-state index in [0.29, 0.717) is 0 Å². The molecule has 6 heteroatoms. The first-order valence-electron chi connectivity index (χ1n) is 10.2. The second kappa shape index (κ2) is 9.58. The molecule has 2 unspecified atom stereocenters. The minimum atomic E-state index is -0.0747. The number of esters is 1. The van der Waals surface area contributed by atoms with Crippen LogP contribution in [0.5, 0.6) is 0 Å². The largest absolute Gasteiger partial charge is 0.469 e. The van der Waals surface area contributed by atoms with Gasteiger partial charge in [0.15, 0.2) is 5.96 Å². The van der Waals surface area contributed by atoms with Crippen molar-refractivity contribution in [2.75, 3.05) is 47.4 Å². The normalized spacial score (nSPS) is 28.3. The van der Waals surface area contributed by atoms with Crippen LogP contribution < -0.4 is 5.32 Å². The van der Waals surface area contributed by atoms with Crippen molar-refractivity contribution in [2.24, 2.45) is 16.8 Å². The van der Waals surface area contributed by atoms with Crippen LogP contribution in [0.25, 0.3) is 0 Å². The van der Waals surface area contributed by atoms with Gasteiger partial charge in [0.1, 0.15) is 0 Å². The predicted octanol–water partition coefficient (Wildman–Crippen LogP) is 2.35. The molecule has 1 aliphatic heterocycles. The zero-order valence-electron chi connectivity index (χ0n) is 17.4. The minimum Gasteiger partial charge on any atom is -0.469 e. The molecule has 2 rings (SSSR count). The average molecular weight is 367 g/mol. The molecule has 0 aromatic carbocycles. The van der Waals surface area contributed by atoms with Gasteiger partial charge in [0.05, 0.1) is 19.6 Å². The van der Waals surface area contributed by atoms with Crippen molar-refractivity contribution in [3.8, 4) is 0 Å². The lowest BCUT2D eigenvalue weighted by Crippen LogP contribution is -2.52. The van der Waals surface area contributed by atoms with E-state index in [4.69, 9.17) is 9.73 Å². The monoisotopic (exact) mass is 366 g/mol. The van der Waals surface area contributed by atoms with Gasteiger partial charge in [0.25, 0.3) is 0 Å². The lowest BCUT2D eigenvalue weighted by atomic mass is 9.75. The molecule has 0 radical (unpaired) electrons. The highest BCUT2D eigenvalue weighted by Crippen LogP contribution is 2.36. The molecule has 26 heavy (non-hydrogen) atoms. The van der Waals surface area contributed by atoms with Gasteiger partial charge in [-0.1, -0.05) is 19.8 Å². The van der Waals surface area contributed by atoms with Gasteiger partial charge in [-0.25, -0.2) is 0 Å². The number of carbonyl (C=O) groups is 1. The van der Waals surface area contributed by atoms with Gasteiger partial charge in [-0.05, 0) is 52.6 Å². The Morgan fingerprint density at radius 3 is 2.54 bits per heavy atom. The lowest BCUT2D eigenvalue weighted by Gasteiger charge is -2.44. The summed E-state index contributed by atoms with van der Waals surface area (Å²) in [4.78, 5) is 21.5. The summed E-state index contributed by atoms with van der Waals surface area (Å²) in [7, 11) is 5.87. The van der Waals surface area contributed by atoms with Crippen molar-refractivity contribution >= 4 is 11.9 Å². The first-order valence-corrected chi connectivity index (χ1v) is 10.2. The molecule has 1 saturated carbocycles. The van der Waals surface area contributed by atoms with E-state index < -0.39 is 0 Å². The molecule has 2 atom stereocenters. The summed E-state index contributed by atoms with van der Waals surface area (Å²) in [6, 6.07) is 0. The highest BCUT2D eigenvalue weighted by Gasteiger charge is 2.37. The number of rotatable bonds is 5. The van der Waals surface area contributed by atoms with Crippen LogP contribution in [-0.4, -0.2) is 74.7 Å². The van der Waals surface area contributed by atoms with Crippen molar-refractivity contribution in [1.29, 1.82) is 0 Å². The summed E-state index contributed by atoms with van der Waals surface area (Å²) in [5.41, 5.74) is 0.169. The van der Waals surface area contributed by atoms with Crippen molar-refractivity contribution in [2.45, 2.75) is 57.9 Å². The van der Waals surface area contributed by atoms with Crippen molar-refractivity contribution < 1.29 is 9.53 Å². The van der Waals surface area contributed by atoms with Crippen LogP contribution in [0.2, 0.25) is 0 Å². The number of hydrogen-bond acceptors (Lipinski definition) is 4. The molecule has 0 aromatic heterocycles. The molecule has 0 spiro atoms. The van der Waals surface area contributed by atoms with Crippen LogP contribution in [0.15, 0.2) is 4.99 Å². The SMILES string of the molecule is CCNC(=NCC1(N(C)C)CCCC(C)C1)N1CCC(C(=O)OC)CC1. The molecular weight excluding hydrogens is 328 g/mol. The van der Waals surface area contributed by atoms with E-state index in [9.17, 15) is 4.79 Å². The molecule has 0 amide bonds. The van der Waals surface area contributed by atoms with Crippen molar-refractivity contribution in [1.82, 2.24) is 15.1 Å². The standard InChI is InChI=1S/C20H38N4O2/c1-6-21-19(24-12-9-17(10-13-24)18(25)26-5)22-15-20(23(3)4)11-7-8-16(2)14-20/h16-17H,6-15H2,1-5H3,(H,21,22). The maximum Gasteiger partial charge on any atom is 0.308 e. The maximum atomic E-state index is 11.8. The summed E-state index contributed by atoms with van der Waals surface area (Å²) in [6.07, 6.45) is 6.74. The molecule has 6 nitrogen and oxygen atoms in total. The minimum absolute atomic E-state index is 0.0337. The summed E-state index contributed by atoms with van der Waals surface area (Å²) in [5, 5.41) is 3.46. The summed E-state index contributed by atoms with van der Waals surface area (Å²) in [5.74, 6) is 1.72. The second-order valence-corrected chi connectivity index (χ2v) is 8.27. The molecule has 1 saturated heterocycles. The Bertz CT molecular complexity index is 486. The Kier molecular flexibility index (Phi) is 7.74. The number of nitrogens with one attached hydrogen (secondary N) is 1. The molecule has 1 heterocycles. The summed E-state index contributed by atoms with van der Waals surface area (Å²) in [6.45, 7) is 7.89. The maximum absolute atomic E-state index is 11.8. The van der Waals surface area contributed by atoms with E-state index in [2.05, 4.69) is 43.1 Å². The quantitative estimate of drug-likeness (QED) is 0.460. The molecule has 1 N–H and O–H groups in total. The van der Waals surface area contributed by atoms with Crippen LogP contribution in [0.1, 0.15) is 52.4 Å². The fraction of sp³-hybridized carbons (Fsp3) is 0.900. The summed E-state index contributed by atoms with van der Waals surface area (Å²) >= 11 is 0. The Hall–Kier alpha value is -1.30. The van der Waals surface area contributed by atoms with Crippen LogP contribution in [0, 0.1) is 11.8 Å². The highest BCUT2D eigenvalue weighted by molar-refractivity contribution is 5.80.